The molecule has 5 heteroatoms. The van der Waals surface area contributed by atoms with Crippen LogP contribution in [0.25, 0.3) is 0 Å². The molecule has 2 heterocycles. The van der Waals surface area contributed by atoms with Crippen LogP contribution in [0.5, 0.6) is 0 Å². The van der Waals surface area contributed by atoms with Gasteiger partial charge in [0.2, 0.25) is 0 Å². The summed E-state index contributed by atoms with van der Waals surface area (Å²) in [6.07, 6.45) is 5.79. The molecule has 1 aliphatic heterocycles. The molecule has 1 aromatic rings. The van der Waals surface area contributed by atoms with E-state index in [4.69, 9.17) is 9.52 Å². The first kappa shape index (κ1) is 15.5. The lowest BCUT2D eigenvalue weighted by Gasteiger charge is -2.50. The highest BCUT2D eigenvalue weighted by Gasteiger charge is 2.48. The fourth-order valence-electron chi connectivity index (χ4n) is 3.70. The lowest BCUT2D eigenvalue weighted by molar-refractivity contribution is -0.152. The molecule has 1 N–H and O–H groups in total. The van der Waals surface area contributed by atoms with Crippen molar-refractivity contribution in [1.82, 2.24) is 9.88 Å². The molecule has 1 spiro atoms. The number of likely N-dealkylation sites (tertiary alicyclic amines) is 1. The normalized spacial score (nSPS) is 22.7. The topological polar surface area (TPSA) is 66.6 Å². The van der Waals surface area contributed by atoms with Gasteiger partial charge in [-0.3, -0.25) is 9.69 Å². The molecule has 1 saturated heterocycles. The maximum atomic E-state index is 11.0. The predicted molar refractivity (Wildman–Crippen MR) is 82.5 cm³/mol. The summed E-state index contributed by atoms with van der Waals surface area (Å²) in [6.45, 7) is 9.16. The van der Waals surface area contributed by atoms with E-state index in [2.05, 4.69) is 30.7 Å². The molecule has 1 aliphatic carbocycles. The van der Waals surface area contributed by atoms with Crippen LogP contribution in [0.3, 0.4) is 0 Å². The van der Waals surface area contributed by atoms with Crippen LogP contribution >= 0.6 is 0 Å². The van der Waals surface area contributed by atoms with Crippen molar-refractivity contribution in [3.8, 4) is 0 Å². The molecule has 1 saturated carbocycles. The number of piperidine rings is 1. The number of hydrogen-bond donors (Lipinski definition) is 1. The molecule has 22 heavy (non-hydrogen) atoms. The van der Waals surface area contributed by atoms with Crippen LogP contribution in [-0.2, 0) is 16.8 Å². The summed E-state index contributed by atoms with van der Waals surface area (Å²) < 4.78 is 5.86. The van der Waals surface area contributed by atoms with E-state index in [9.17, 15) is 4.79 Å². The third-order valence-corrected chi connectivity index (χ3v) is 5.20. The lowest BCUT2D eigenvalue weighted by atomic mass is 9.57. The van der Waals surface area contributed by atoms with Crippen molar-refractivity contribution in [3.63, 3.8) is 0 Å². The Morgan fingerprint density at radius 1 is 1.41 bits per heavy atom. The van der Waals surface area contributed by atoms with Gasteiger partial charge >= 0.3 is 5.97 Å². The molecule has 1 aromatic heterocycles. The lowest BCUT2D eigenvalue weighted by Crippen LogP contribution is -2.48. The van der Waals surface area contributed by atoms with Gasteiger partial charge in [0.05, 0.1) is 18.7 Å². The second-order valence-electron chi connectivity index (χ2n) is 8.10. The van der Waals surface area contributed by atoms with Gasteiger partial charge in [-0.15, -0.1) is 0 Å². The molecule has 122 valence electrons. The largest absolute Gasteiger partial charge is 0.481 e. The average Bonchev–Trinajstić information content (AvgIpc) is 2.85. The van der Waals surface area contributed by atoms with Gasteiger partial charge in [0.25, 0.3) is 0 Å². The van der Waals surface area contributed by atoms with Gasteiger partial charge in [-0.05, 0) is 44.2 Å². The Bertz CT molecular complexity index is 542. The maximum Gasteiger partial charge on any atom is 0.306 e. The average molecular weight is 306 g/mol. The molecule has 0 radical (unpaired) electrons. The quantitative estimate of drug-likeness (QED) is 0.929. The van der Waals surface area contributed by atoms with Crippen molar-refractivity contribution in [2.24, 2.45) is 11.3 Å². The number of oxazole rings is 1. The van der Waals surface area contributed by atoms with Crippen LogP contribution in [-0.4, -0.2) is 34.0 Å². The Hall–Kier alpha value is -1.36. The third-order valence-electron chi connectivity index (χ3n) is 5.20. The van der Waals surface area contributed by atoms with Gasteiger partial charge in [-0.2, -0.15) is 0 Å². The monoisotopic (exact) mass is 306 g/mol. The summed E-state index contributed by atoms with van der Waals surface area (Å²) in [7, 11) is 0. The minimum atomic E-state index is -0.621. The van der Waals surface area contributed by atoms with E-state index in [1.807, 2.05) is 6.20 Å². The number of aliphatic carboxylic acids is 1. The van der Waals surface area contributed by atoms with Crippen LogP contribution in [0, 0.1) is 11.3 Å². The Morgan fingerprint density at radius 2 is 2.05 bits per heavy atom. The zero-order chi connectivity index (χ0) is 16.0. The van der Waals surface area contributed by atoms with Gasteiger partial charge in [0, 0.05) is 5.41 Å². The van der Waals surface area contributed by atoms with Crippen molar-refractivity contribution < 1.29 is 14.3 Å². The molecule has 0 unspecified atom stereocenters. The number of rotatable bonds is 3. The molecular weight excluding hydrogens is 280 g/mol. The van der Waals surface area contributed by atoms with Gasteiger partial charge in [0.1, 0.15) is 5.76 Å². The zero-order valence-electron chi connectivity index (χ0n) is 13.8. The Kier molecular flexibility index (Phi) is 3.79. The highest BCUT2D eigenvalue weighted by molar-refractivity contribution is 5.71. The SMILES string of the molecule is CC(C)(C)c1ncc(CN2CCC3(CC2)CC(C(=O)O)C3)o1. The van der Waals surface area contributed by atoms with Crippen LogP contribution in [0.2, 0.25) is 0 Å². The standard InChI is InChI=1S/C17H26N2O3/c1-16(2,3)15-18-10-13(22-15)11-19-6-4-17(5-7-19)8-12(9-17)14(20)21/h10,12H,4-9,11H2,1-3H3,(H,20,21). The summed E-state index contributed by atoms with van der Waals surface area (Å²) in [5.41, 5.74) is 0.250. The first-order valence-electron chi connectivity index (χ1n) is 8.18. The minimum absolute atomic E-state index is 0.0536. The van der Waals surface area contributed by atoms with Crippen molar-refractivity contribution >= 4 is 5.97 Å². The fourth-order valence-corrected chi connectivity index (χ4v) is 3.70. The minimum Gasteiger partial charge on any atom is -0.481 e. The van der Waals surface area contributed by atoms with E-state index in [-0.39, 0.29) is 11.3 Å². The number of carbonyl (C=O) groups is 1. The Morgan fingerprint density at radius 3 is 2.55 bits per heavy atom. The van der Waals surface area contributed by atoms with Crippen LogP contribution in [0.15, 0.2) is 10.6 Å². The third kappa shape index (κ3) is 3.05. The van der Waals surface area contributed by atoms with E-state index in [0.717, 1.165) is 57.0 Å². The van der Waals surface area contributed by atoms with Crippen molar-refractivity contribution in [2.75, 3.05) is 13.1 Å². The highest BCUT2D eigenvalue weighted by atomic mass is 16.4. The summed E-state index contributed by atoms with van der Waals surface area (Å²) in [6, 6.07) is 0. The number of nitrogens with zero attached hydrogens (tertiary/aromatic N) is 2. The molecule has 5 nitrogen and oxygen atoms in total. The van der Waals surface area contributed by atoms with E-state index >= 15 is 0 Å². The molecular formula is C17H26N2O3. The van der Waals surface area contributed by atoms with Gasteiger partial charge in [-0.1, -0.05) is 20.8 Å². The van der Waals surface area contributed by atoms with Crippen LogP contribution < -0.4 is 0 Å². The smallest absolute Gasteiger partial charge is 0.306 e. The second-order valence-corrected chi connectivity index (χ2v) is 8.10. The van der Waals surface area contributed by atoms with Crippen molar-refractivity contribution in [2.45, 2.75) is 58.4 Å². The first-order chi connectivity index (χ1) is 10.3. The van der Waals surface area contributed by atoms with E-state index in [1.165, 1.54) is 0 Å². The molecule has 0 amide bonds. The molecule has 0 bridgehead atoms. The summed E-state index contributed by atoms with van der Waals surface area (Å²) >= 11 is 0. The summed E-state index contributed by atoms with van der Waals surface area (Å²) in [5.74, 6) is 0.997. The Labute approximate surface area is 131 Å². The number of hydrogen-bond acceptors (Lipinski definition) is 4. The molecule has 2 fully saturated rings. The van der Waals surface area contributed by atoms with E-state index in [0.29, 0.717) is 5.41 Å². The summed E-state index contributed by atoms with van der Waals surface area (Å²) in [4.78, 5) is 17.7. The number of carboxylic acids is 1. The molecule has 3 rings (SSSR count). The van der Waals surface area contributed by atoms with E-state index in [1.54, 1.807) is 0 Å². The number of aromatic nitrogens is 1. The second kappa shape index (κ2) is 5.37. The van der Waals surface area contributed by atoms with E-state index < -0.39 is 5.97 Å². The molecule has 0 aromatic carbocycles. The van der Waals surface area contributed by atoms with Crippen molar-refractivity contribution in [3.05, 3.63) is 17.8 Å². The summed E-state index contributed by atoms with van der Waals surface area (Å²) in [5, 5.41) is 9.03. The zero-order valence-corrected chi connectivity index (χ0v) is 13.8. The Balaban J connectivity index is 1.51. The number of carboxylic acid groups (broad SMARTS) is 1. The molecule has 2 aliphatic rings. The highest BCUT2D eigenvalue weighted by Crippen LogP contribution is 2.52. The van der Waals surface area contributed by atoms with Gasteiger partial charge in [-0.25, -0.2) is 4.98 Å². The van der Waals surface area contributed by atoms with Gasteiger partial charge in [0.15, 0.2) is 5.89 Å². The molecule has 0 atom stereocenters. The van der Waals surface area contributed by atoms with Crippen LogP contribution in [0.1, 0.15) is 58.1 Å². The van der Waals surface area contributed by atoms with Crippen molar-refractivity contribution in [1.29, 1.82) is 0 Å². The first-order valence-corrected chi connectivity index (χ1v) is 8.18. The van der Waals surface area contributed by atoms with Gasteiger partial charge < -0.3 is 9.52 Å². The predicted octanol–water partition coefficient (Wildman–Crippen LogP) is 3.05. The van der Waals surface area contributed by atoms with Crippen LogP contribution in [0.4, 0.5) is 0 Å². The fraction of sp³-hybridized carbons (Fsp3) is 0.765. The maximum absolute atomic E-state index is 11.0.